The van der Waals surface area contributed by atoms with Crippen LogP contribution in [-0.4, -0.2) is 60.1 Å². The van der Waals surface area contributed by atoms with Gasteiger partial charge in [0.1, 0.15) is 5.75 Å². The standard InChI is InChI=1S/C25H30N4O5S/c1-4-19-21(24(32)34-3)22(16-6-5-7-18(12-16)33-2)29-17(14-35-25(29)27-19)13-20(30)28-10-8-15(9-11-28)23(26)31/h5-7,12,14-15,22H,4,8-11,13H2,1-3H3,(H2,26,31)/t22-/m0/s1. The lowest BCUT2D eigenvalue weighted by atomic mass is 9.92. The van der Waals surface area contributed by atoms with Gasteiger partial charge in [0.05, 0.1) is 38.0 Å². The SMILES string of the molecule is CCC1=C(C(=O)OC)[C@H](c2cccc(OC)c2)N2C(CC(=O)N3CCC(C(N)=O)CC3)=CSC2=N1. The second kappa shape index (κ2) is 10.6. The molecule has 0 aliphatic carbocycles. The van der Waals surface area contributed by atoms with Crippen molar-refractivity contribution in [3.63, 3.8) is 0 Å². The van der Waals surface area contributed by atoms with Gasteiger partial charge in [0.15, 0.2) is 5.17 Å². The van der Waals surface area contributed by atoms with Gasteiger partial charge in [-0.1, -0.05) is 30.8 Å². The summed E-state index contributed by atoms with van der Waals surface area (Å²) in [4.78, 5) is 46.2. The van der Waals surface area contributed by atoms with E-state index < -0.39 is 12.0 Å². The van der Waals surface area contributed by atoms with Crippen LogP contribution >= 0.6 is 11.8 Å². The van der Waals surface area contributed by atoms with Gasteiger partial charge in [0, 0.05) is 24.7 Å². The number of nitrogens with two attached hydrogens (primary N) is 1. The van der Waals surface area contributed by atoms with E-state index in [4.69, 9.17) is 20.2 Å². The molecule has 4 rings (SSSR count). The predicted octanol–water partition coefficient (Wildman–Crippen LogP) is 2.95. The third-order valence-corrected chi connectivity index (χ3v) is 7.51. The van der Waals surface area contributed by atoms with E-state index in [0.717, 1.165) is 16.4 Å². The number of amides is 2. The molecule has 2 amide bonds. The van der Waals surface area contributed by atoms with Gasteiger partial charge in [-0.2, -0.15) is 0 Å². The van der Waals surface area contributed by atoms with Gasteiger partial charge in [-0.05, 0) is 42.4 Å². The van der Waals surface area contributed by atoms with Gasteiger partial charge in [-0.25, -0.2) is 9.79 Å². The van der Waals surface area contributed by atoms with Crippen LogP contribution in [-0.2, 0) is 19.1 Å². The van der Waals surface area contributed by atoms with E-state index in [2.05, 4.69) is 0 Å². The average molecular weight is 499 g/mol. The van der Waals surface area contributed by atoms with Crippen molar-refractivity contribution in [2.24, 2.45) is 16.6 Å². The lowest BCUT2D eigenvalue weighted by Gasteiger charge is -2.37. The number of hydrogen-bond donors (Lipinski definition) is 1. The van der Waals surface area contributed by atoms with Crippen LogP contribution in [0.2, 0.25) is 0 Å². The Balaban J connectivity index is 1.65. The molecule has 0 unspecified atom stereocenters. The summed E-state index contributed by atoms with van der Waals surface area (Å²) in [5, 5.41) is 2.64. The first-order chi connectivity index (χ1) is 16.9. The van der Waals surface area contributed by atoms with E-state index in [9.17, 15) is 14.4 Å². The number of nitrogens with zero attached hydrogens (tertiary/aromatic N) is 3. The number of carbonyl (C=O) groups is 3. The molecule has 0 bridgehead atoms. The van der Waals surface area contributed by atoms with E-state index in [0.29, 0.717) is 49.4 Å². The Bertz CT molecular complexity index is 1120. The summed E-state index contributed by atoms with van der Waals surface area (Å²) in [5.74, 6) is -0.307. The Morgan fingerprint density at radius 3 is 2.57 bits per heavy atom. The van der Waals surface area contributed by atoms with Crippen molar-refractivity contribution in [3.05, 3.63) is 52.2 Å². The van der Waals surface area contributed by atoms with Crippen LogP contribution in [0.4, 0.5) is 0 Å². The molecule has 0 spiro atoms. The van der Waals surface area contributed by atoms with Crippen LogP contribution in [0.5, 0.6) is 5.75 Å². The molecule has 3 aliphatic rings. The van der Waals surface area contributed by atoms with Gasteiger partial charge in [-0.15, -0.1) is 0 Å². The molecule has 0 aromatic heterocycles. The third-order valence-electron chi connectivity index (χ3n) is 6.62. The molecule has 3 heterocycles. The third kappa shape index (κ3) is 4.93. The van der Waals surface area contributed by atoms with Crippen molar-refractivity contribution < 1.29 is 23.9 Å². The van der Waals surface area contributed by atoms with Gasteiger partial charge in [-0.3, -0.25) is 9.59 Å². The number of rotatable bonds is 7. The summed E-state index contributed by atoms with van der Waals surface area (Å²) in [7, 11) is 2.96. The largest absolute Gasteiger partial charge is 0.497 e. The number of primary amides is 1. The van der Waals surface area contributed by atoms with Crippen molar-refractivity contribution in [1.29, 1.82) is 0 Å². The summed E-state index contributed by atoms with van der Waals surface area (Å²) in [6, 6.07) is 7.04. The van der Waals surface area contributed by atoms with Crippen LogP contribution in [0.25, 0.3) is 0 Å². The zero-order valence-electron chi connectivity index (χ0n) is 20.2. The molecular weight excluding hydrogens is 468 g/mol. The van der Waals surface area contributed by atoms with E-state index >= 15 is 0 Å². The maximum atomic E-state index is 13.2. The number of piperidine rings is 1. The minimum atomic E-state index is -0.505. The van der Waals surface area contributed by atoms with Gasteiger partial charge < -0.3 is 25.0 Å². The number of likely N-dealkylation sites (tertiary alicyclic amines) is 1. The van der Waals surface area contributed by atoms with Crippen molar-refractivity contribution in [2.75, 3.05) is 27.3 Å². The minimum Gasteiger partial charge on any atom is -0.497 e. The number of allylic oxidation sites excluding steroid dienone is 1. The number of fused-ring (bicyclic) bond motifs is 1. The molecule has 1 aromatic carbocycles. The second-order valence-corrected chi connectivity index (χ2v) is 9.45. The molecule has 1 atom stereocenters. The van der Waals surface area contributed by atoms with Crippen LogP contribution < -0.4 is 10.5 Å². The van der Waals surface area contributed by atoms with Gasteiger partial charge >= 0.3 is 5.97 Å². The lowest BCUT2D eigenvalue weighted by Crippen LogP contribution is -2.43. The first-order valence-electron chi connectivity index (χ1n) is 11.6. The number of amidine groups is 1. The number of methoxy groups -OCH3 is 2. The zero-order chi connectivity index (χ0) is 25.1. The minimum absolute atomic E-state index is 0.0321. The van der Waals surface area contributed by atoms with Crippen LogP contribution in [0.3, 0.4) is 0 Å². The average Bonchev–Trinajstić information content (AvgIpc) is 3.29. The number of carbonyl (C=O) groups excluding carboxylic acids is 3. The molecular formula is C25H30N4O5S. The van der Waals surface area contributed by atoms with E-state index in [1.165, 1.54) is 18.9 Å². The Labute approximate surface area is 209 Å². The van der Waals surface area contributed by atoms with E-state index in [-0.39, 0.29) is 24.2 Å². The summed E-state index contributed by atoms with van der Waals surface area (Å²) in [6.07, 6.45) is 1.87. The first kappa shape index (κ1) is 24.8. The lowest BCUT2D eigenvalue weighted by molar-refractivity contribution is -0.136. The second-order valence-electron chi connectivity index (χ2n) is 8.61. The maximum Gasteiger partial charge on any atom is 0.338 e. The normalized spacial score (nSPS) is 20.3. The Morgan fingerprint density at radius 1 is 1.20 bits per heavy atom. The smallest absolute Gasteiger partial charge is 0.338 e. The molecule has 0 saturated carbocycles. The van der Waals surface area contributed by atoms with Crippen molar-refractivity contribution >= 4 is 34.7 Å². The topological polar surface area (TPSA) is 115 Å². The van der Waals surface area contributed by atoms with Crippen LogP contribution in [0.15, 0.2) is 51.6 Å². The molecule has 0 radical (unpaired) electrons. The van der Waals surface area contributed by atoms with E-state index in [1.807, 2.05) is 41.5 Å². The molecule has 1 aromatic rings. The Kier molecular flexibility index (Phi) is 7.49. The fourth-order valence-electron chi connectivity index (χ4n) is 4.72. The van der Waals surface area contributed by atoms with Crippen molar-refractivity contribution in [2.45, 2.75) is 38.6 Å². The highest BCUT2D eigenvalue weighted by Gasteiger charge is 2.42. The number of ether oxygens (including phenoxy) is 2. The zero-order valence-corrected chi connectivity index (χ0v) is 21.0. The molecule has 9 nitrogen and oxygen atoms in total. The number of esters is 1. The number of thioether (sulfide) groups is 1. The molecule has 186 valence electrons. The van der Waals surface area contributed by atoms with E-state index in [1.54, 1.807) is 12.0 Å². The Morgan fingerprint density at radius 2 is 1.94 bits per heavy atom. The van der Waals surface area contributed by atoms with Gasteiger partial charge in [0.2, 0.25) is 11.8 Å². The highest BCUT2D eigenvalue weighted by atomic mass is 32.2. The molecule has 35 heavy (non-hydrogen) atoms. The maximum absolute atomic E-state index is 13.2. The summed E-state index contributed by atoms with van der Waals surface area (Å²) in [5.41, 5.74) is 8.15. The van der Waals surface area contributed by atoms with Gasteiger partial charge in [0.25, 0.3) is 0 Å². The quantitative estimate of drug-likeness (QED) is 0.575. The summed E-state index contributed by atoms with van der Waals surface area (Å²) in [6.45, 7) is 2.95. The summed E-state index contributed by atoms with van der Waals surface area (Å²) >= 11 is 1.44. The Hall–Kier alpha value is -3.27. The molecule has 1 fully saturated rings. The number of hydrogen-bond acceptors (Lipinski definition) is 8. The fraction of sp³-hybridized carbons (Fsp3) is 0.440. The van der Waals surface area contributed by atoms with Crippen LogP contribution in [0.1, 0.15) is 44.2 Å². The monoisotopic (exact) mass is 498 g/mol. The first-order valence-corrected chi connectivity index (χ1v) is 12.5. The number of aliphatic imine (C=N–C) groups is 1. The molecule has 10 heteroatoms. The highest BCUT2D eigenvalue weighted by molar-refractivity contribution is 8.16. The molecule has 1 saturated heterocycles. The fourth-order valence-corrected chi connectivity index (χ4v) is 5.66. The van der Waals surface area contributed by atoms with Crippen molar-refractivity contribution in [3.8, 4) is 5.75 Å². The highest BCUT2D eigenvalue weighted by Crippen LogP contribution is 2.46. The van der Waals surface area contributed by atoms with Crippen molar-refractivity contribution in [1.82, 2.24) is 9.80 Å². The number of benzene rings is 1. The van der Waals surface area contributed by atoms with Crippen LogP contribution in [0, 0.1) is 5.92 Å². The summed E-state index contributed by atoms with van der Waals surface area (Å²) < 4.78 is 10.6. The molecule has 2 N–H and O–H groups in total. The predicted molar refractivity (Wildman–Crippen MR) is 133 cm³/mol. The molecule has 3 aliphatic heterocycles.